The van der Waals surface area contributed by atoms with Gasteiger partial charge in [-0.15, -0.1) is 0 Å². The topological polar surface area (TPSA) is 165 Å². The van der Waals surface area contributed by atoms with E-state index in [1.807, 2.05) is 291 Å². The van der Waals surface area contributed by atoms with Crippen molar-refractivity contribution in [3.8, 4) is 137 Å². The minimum atomic E-state index is 0.202. The standard InChI is InChI=1S/C33H21BrN4.C33H22N4.C21H14BrN3.C15H10ClN3.C6H4Br2/c34-25-18-19-30-28(21-25)27-16-7-8-17-29(27)38(30)26-15-9-14-24(20-26)33-36-31(22-10-3-1-4-11-22)35-32(37-33)23-12-5-2-6-13-23;1-3-12-23(13-4-1)31-34-32(24-14-5-2-6-15-24)36-33(35-31)25-16-11-17-26(22-25)37-29-20-9-7-18-27(29)28-19-8-10-21-30(28)37;22-18-13-7-12-17(14-18)21-24-19(15-8-3-1-4-9-15)23-20(25-21)16-10-5-2-6-11-16;16-15-18-13(11-7-3-1-4-8-11)17-14(19-15)12-9-5-2-6-10-12;7-5-2-1-3-6(8)4-5/h1-21H;1-22H;1-14H;1-10H;1-4H. The molecule has 0 saturated carbocycles. The molecule has 22 aromatic rings. The molecule has 0 atom stereocenters. The normalized spacial score (nSPS) is 10.9. The Hall–Kier alpha value is -14.6. The Morgan fingerprint density at radius 1 is 0.157 bits per heavy atom. The van der Waals surface area contributed by atoms with Gasteiger partial charge in [-0.05, 0) is 103 Å². The summed E-state index contributed by atoms with van der Waals surface area (Å²) in [7, 11) is 0. The fourth-order valence-electron chi connectivity index (χ4n) is 14.7. The summed E-state index contributed by atoms with van der Waals surface area (Å²) in [6.07, 6.45) is 0. The molecular weight excluding hydrogens is 1850 g/mol. The first-order chi connectivity index (χ1) is 62.5. The van der Waals surface area contributed by atoms with Crippen LogP contribution in [-0.2, 0) is 0 Å². The second-order valence-corrected chi connectivity index (χ2v) is 33.0. The van der Waals surface area contributed by atoms with Crippen molar-refractivity contribution in [2.45, 2.75) is 0 Å². The van der Waals surface area contributed by atoms with E-state index in [9.17, 15) is 0 Å². The molecule has 0 bridgehead atoms. The minimum Gasteiger partial charge on any atom is -0.309 e. The molecule has 0 aliphatic rings. The number of halogens is 5. The fraction of sp³-hybridized carbons (Fsp3) is 0. The molecule has 0 N–H and O–H groups in total. The number of fused-ring (bicyclic) bond motifs is 6. The quantitative estimate of drug-likeness (QED) is 0.107. The van der Waals surface area contributed by atoms with Gasteiger partial charge in [-0.2, -0.15) is 9.97 Å². The molecule has 608 valence electrons. The third kappa shape index (κ3) is 19.8. The highest BCUT2D eigenvalue weighted by Crippen LogP contribution is 2.38. The van der Waals surface area contributed by atoms with Crippen LogP contribution in [0.1, 0.15) is 0 Å². The minimum absolute atomic E-state index is 0.202. The lowest BCUT2D eigenvalue weighted by Gasteiger charge is -2.11. The molecule has 0 fully saturated rings. The van der Waals surface area contributed by atoms with Crippen LogP contribution in [0.2, 0.25) is 5.28 Å². The summed E-state index contributed by atoms with van der Waals surface area (Å²) in [5.74, 6) is 7.08. The van der Waals surface area contributed by atoms with Crippen molar-refractivity contribution in [1.82, 2.24) is 68.9 Å². The van der Waals surface area contributed by atoms with Gasteiger partial charge >= 0.3 is 0 Å². The van der Waals surface area contributed by atoms with Crippen LogP contribution in [0, 0.1) is 0 Å². The van der Waals surface area contributed by atoms with Gasteiger partial charge in [0.15, 0.2) is 64.1 Å². The summed E-state index contributed by atoms with van der Waals surface area (Å²) in [6, 6.07) is 144. The molecule has 19 heteroatoms. The largest absolute Gasteiger partial charge is 0.309 e. The summed E-state index contributed by atoms with van der Waals surface area (Å²) < 4.78 is 8.88. The lowest BCUT2D eigenvalue weighted by Crippen LogP contribution is -2.01. The average molecular weight is 1920 g/mol. The van der Waals surface area contributed by atoms with Crippen molar-refractivity contribution in [1.29, 1.82) is 0 Å². The lowest BCUT2D eigenvalue weighted by molar-refractivity contribution is 1.07. The zero-order valence-electron chi connectivity index (χ0n) is 67.6. The van der Waals surface area contributed by atoms with Crippen LogP contribution in [0.5, 0.6) is 0 Å². The second-order valence-electron chi connectivity index (χ2n) is 29.0. The highest BCUT2D eigenvalue weighted by atomic mass is 79.9. The van der Waals surface area contributed by atoms with E-state index < -0.39 is 0 Å². The van der Waals surface area contributed by atoms with Gasteiger partial charge in [0, 0.05) is 112 Å². The molecule has 0 radical (unpaired) electrons. The SMILES string of the molecule is Brc1ccc2c(c1)c1ccccc1n2-c1cccc(-c2nc(-c3ccccc3)nc(-c3ccccc3)n2)c1.Brc1cccc(-c2nc(-c3ccccc3)nc(-c3ccccc3)n2)c1.Brc1cccc(Br)c1.Clc1nc(-c2ccccc2)nc(-c2ccccc2)n1.c1ccc(-c2nc(-c3ccccc3)nc(-c3cccc(-n4c5ccccc5c5ccccc54)c3)n2)cc1. The van der Waals surface area contributed by atoms with Crippen LogP contribution in [0.15, 0.2) is 449 Å². The Kier molecular flexibility index (Phi) is 25.9. The van der Waals surface area contributed by atoms with Gasteiger partial charge in [0.2, 0.25) is 5.28 Å². The number of benzene rings is 16. The van der Waals surface area contributed by atoms with Gasteiger partial charge in [0.05, 0.1) is 22.1 Å². The summed E-state index contributed by atoms with van der Waals surface area (Å²) in [5, 5.41) is 5.10. The van der Waals surface area contributed by atoms with Gasteiger partial charge < -0.3 is 9.13 Å². The fourth-order valence-corrected chi connectivity index (χ4v) is 16.7. The zero-order chi connectivity index (χ0) is 86.2. The van der Waals surface area contributed by atoms with E-state index in [2.05, 4.69) is 232 Å². The Bertz CT molecular complexity index is 7280. The molecule has 0 aliphatic heterocycles. The summed E-state index contributed by atoms with van der Waals surface area (Å²) >= 11 is 19.8. The third-order valence-electron chi connectivity index (χ3n) is 20.6. The first kappa shape index (κ1) is 83.3. The maximum atomic E-state index is 5.99. The number of rotatable bonds is 13. The van der Waals surface area contributed by atoms with Crippen LogP contribution in [0.4, 0.5) is 0 Å². The number of aromatic nitrogens is 14. The molecule has 127 heavy (non-hydrogen) atoms. The van der Waals surface area contributed by atoms with Crippen molar-refractivity contribution < 1.29 is 0 Å². The van der Waals surface area contributed by atoms with Crippen LogP contribution < -0.4 is 0 Å². The molecule has 0 aliphatic carbocycles. The van der Waals surface area contributed by atoms with Crippen LogP contribution >= 0.6 is 75.3 Å². The second kappa shape index (κ2) is 39.5. The number of para-hydroxylation sites is 3. The maximum Gasteiger partial charge on any atom is 0.226 e. The van der Waals surface area contributed by atoms with Gasteiger partial charge in [0.1, 0.15) is 0 Å². The highest BCUT2D eigenvalue weighted by Gasteiger charge is 2.21. The summed E-state index contributed by atoms with van der Waals surface area (Å²) in [5.41, 5.74) is 17.2. The molecule has 0 spiro atoms. The van der Waals surface area contributed by atoms with Gasteiger partial charge in [0.25, 0.3) is 0 Å². The van der Waals surface area contributed by atoms with E-state index in [1.165, 1.54) is 32.6 Å². The highest BCUT2D eigenvalue weighted by molar-refractivity contribution is 9.11. The Balaban J connectivity index is 0.000000114. The van der Waals surface area contributed by atoms with Crippen molar-refractivity contribution in [3.63, 3.8) is 0 Å². The van der Waals surface area contributed by atoms with E-state index in [0.29, 0.717) is 64.1 Å². The first-order valence-electron chi connectivity index (χ1n) is 40.7. The molecule has 22 rings (SSSR count). The molecule has 16 aromatic carbocycles. The van der Waals surface area contributed by atoms with Crippen LogP contribution in [0.25, 0.3) is 180 Å². The van der Waals surface area contributed by atoms with E-state index in [0.717, 1.165) is 101 Å². The van der Waals surface area contributed by atoms with Gasteiger partial charge in [-0.25, -0.2) is 49.8 Å². The van der Waals surface area contributed by atoms with E-state index in [4.69, 9.17) is 51.5 Å². The third-order valence-corrected chi connectivity index (χ3v) is 22.7. The first-order valence-corrected chi connectivity index (χ1v) is 44.2. The van der Waals surface area contributed by atoms with Crippen molar-refractivity contribution in [2.75, 3.05) is 0 Å². The van der Waals surface area contributed by atoms with Crippen LogP contribution in [-0.4, -0.2) is 68.9 Å². The summed E-state index contributed by atoms with van der Waals surface area (Å²) in [4.78, 5) is 56.2. The number of hydrogen-bond acceptors (Lipinski definition) is 12. The van der Waals surface area contributed by atoms with Crippen molar-refractivity contribution >= 4 is 119 Å². The van der Waals surface area contributed by atoms with E-state index in [-0.39, 0.29) is 5.28 Å². The maximum absolute atomic E-state index is 5.99. The number of hydrogen-bond donors (Lipinski definition) is 0. The van der Waals surface area contributed by atoms with Crippen LogP contribution in [0.3, 0.4) is 0 Å². The van der Waals surface area contributed by atoms with Gasteiger partial charge in [-0.1, -0.05) is 403 Å². The summed E-state index contributed by atoms with van der Waals surface area (Å²) in [6.45, 7) is 0. The van der Waals surface area contributed by atoms with Crippen molar-refractivity contribution in [2.24, 2.45) is 0 Å². The molecule has 0 amide bonds. The monoisotopic (exact) mass is 1910 g/mol. The van der Waals surface area contributed by atoms with Gasteiger partial charge in [-0.3, -0.25) is 0 Å². The molecule has 0 saturated heterocycles. The molecule has 6 aromatic heterocycles. The molecule has 0 unspecified atom stereocenters. The lowest BCUT2D eigenvalue weighted by atomic mass is 10.1. The predicted molar refractivity (Wildman–Crippen MR) is 530 cm³/mol. The van der Waals surface area contributed by atoms with E-state index in [1.54, 1.807) is 0 Å². The smallest absolute Gasteiger partial charge is 0.226 e. The van der Waals surface area contributed by atoms with Crippen molar-refractivity contribution in [3.05, 3.63) is 454 Å². The molecule has 6 heterocycles. The average Bonchev–Trinajstić information content (AvgIpc) is 1.60. The van der Waals surface area contributed by atoms with E-state index >= 15 is 0 Å². The Morgan fingerprint density at radius 2 is 0.362 bits per heavy atom. The number of nitrogens with zero attached hydrogens (tertiary/aromatic N) is 14. The predicted octanol–water partition coefficient (Wildman–Crippen LogP) is 29.4. The molecule has 14 nitrogen and oxygen atoms in total. The zero-order valence-corrected chi connectivity index (χ0v) is 74.7. The Morgan fingerprint density at radius 3 is 0.638 bits per heavy atom. The molecular formula is C108H71Br4ClN14. The Labute approximate surface area is 771 Å².